The van der Waals surface area contributed by atoms with Crippen molar-refractivity contribution >= 4 is 16.0 Å². The molecule has 0 spiro atoms. The zero-order valence-electron chi connectivity index (χ0n) is 7.52. The standard InChI is InChI=1S/C8H16O2Si/c1-8(2,3)11-10-7-5-4-6-9/h6H,4-5,7H2,1-3H3. The van der Waals surface area contributed by atoms with Crippen LogP contribution in [0.2, 0.25) is 5.04 Å². The van der Waals surface area contributed by atoms with Crippen LogP contribution < -0.4 is 0 Å². The molecule has 0 saturated heterocycles. The predicted molar refractivity (Wildman–Crippen MR) is 46.7 cm³/mol. The lowest BCUT2D eigenvalue weighted by Gasteiger charge is -2.15. The van der Waals surface area contributed by atoms with E-state index < -0.39 is 0 Å². The normalized spacial score (nSPS) is 11.5. The zero-order chi connectivity index (χ0) is 8.74. The average Bonchev–Trinajstić information content (AvgIpc) is 1.85. The topological polar surface area (TPSA) is 26.3 Å². The first-order valence-electron chi connectivity index (χ1n) is 3.89. The molecule has 11 heavy (non-hydrogen) atoms. The smallest absolute Gasteiger partial charge is 0.235 e. The van der Waals surface area contributed by atoms with Crippen molar-refractivity contribution in [3.63, 3.8) is 0 Å². The van der Waals surface area contributed by atoms with E-state index in [9.17, 15) is 4.79 Å². The van der Waals surface area contributed by atoms with Crippen LogP contribution in [-0.4, -0.2) is 22.7 Å². The Morgan fingerprint density at radius 3 is 2.55 bits per heavy atom. The third-order valence-corrected chi connectivity index (χ3v) is 1.91. The van der Waals surface area contributed by atoms with E-state index in [4.69, 9.17) is 4.43 Å². The highest BCUT2D eigenvalue weighted by atomic mass is 28.2. The lowest BCUT2D eigenvalue weighted by molar-refractivity contribution is -0.108. The number of hydrogen-bond donors (Lipinski definition) is 0. The van der Waals surface area contributed by atoms with E-state index >= 15 is 0 Å². The molecule has 0 saturated carbocycles. The number of unbranched alkanes of at least 4 members (excludes halogenated alkanes) is 1. The molecule has 3 heteroatoms. The summed E-state index contributed by atoms with van der Waals surface area (Å²) in [6.45, 7) is 7.15. The van der Waals surface area contributed by atoms with Gasteiger partial charge in [0.05, 0.1) is 0 Å². The van der Waals surface area contributed by atoms with Crippen LogP contribution in [-0.2, 0) is 9.22 Å². The van der Waals surface area contributed by atoms with Gasteiger partial charge in [-0.2, -0.15) is 0 Å². The van der Waals surface area contributed by atoms with Crippen LogP contribution in [0.4, 0.5) is 0 Å². The Hall–Kier alpha value is -0.153. The van der Waals surface area contributed by atoms with Crippen LogP contribution in [0.3, 0.4) is 0 Å². The molecule has 0 heterocycles. The average molecular weight is 172 g/mol. The predicted octanol–water partition coefficient (Wildman–Crippen LogP) is 1.82. The summed E-state index contributed by atoms with van der Waals surface area (Å²) in [6.07, 6.45) is 2.41. The Labute approximate surface area is 71.3 Å². The van der Waals surface area contributed by atoms with Gasteiger partial charge in [-0.1, -0.05) is 20.8 Å². The Bertz CT molecular complexity index is 107. The molecular formula is C8H16O2Si. The van der Waals surface area contributed by atoms with Crippen LogP contribution in [0.15, 0.2) is 0 Å². The lowest BCUT2D eigenvalue weighted by atomic mass is 10.3. The molecular weight excluding hydrogens is 156 g/mol. The third kappa shape index (κ3) is 9.85. The molecule has 0 aromatic heterocycles. The maximum absolute atomic E-state index is 9.91. The van der Waals surface area contributed by atoms with Crippen molar-refractivity contribution in [3.05, 3.63) is 0 Å². The fraction of sp³-hybridized carbons (Fsp3) is 0.875. The highest BCUT2D eigenvalue weighted by molar-refractivity contribution is 6.31. The Balaban J connectivity index is 3.08. The Kier molecular flexibility index (Phi) is 5.41. The monoisotopic (exact) mass is 172 g/mol. The van der Waals surface area contributed by atoms with E-state index in [1.54, 1.807) is 0 Å². The second kappa shape index (κ2) is 5.49. The molecule has 0 aliphatic heterocycles. The molecule has 0 fully saturated rings. The molecule has 0 aromatic carbocycles. The minimum absolute atomic E-state index is 0.265. The SMILES string of the molecule is CC(C)(C)[Si]OCCCC=O. The van der Waals surface area contributed by atoms with Gasteiger partial charge in [0.25, 0.3) is 0 Å². The minimum Gasteiger partial charge on any atom is -0.417 e. The molecule has 0 aliphatic rings. The first kappa shape index (κ1) is 10.8. The number of aldehydes is 1. The van der Waals surface area contributed by atoms with Gasteiger partial charge < -0.3 is 9.22 Å². The van der Waals surface area contributed by atoms with Crippen molar-refractivity contribution in [1.82, 2.24) is 0 Å². The Morgan fingerprint density at radius 2 is 2.09 bits per heavy atom. The largest absolute Gasteiger partial charge is 0.417 e. The Morgan fingerprint density at radius 1 is 1.45 bits per heavy atom. The van der Waals surface area contributed by atoms with Crippen molar-refractivity contribution < 1.29 is 9.22 Å². The van der Waals surface area contributed by atoms with Gasteiger partial charge in [0, 0.05) is 13.0 Å². The second-order valence-electron chi connectivity index (χ2n) is 3.51. The van der Waals surface area contributed by atoms with Crippen LogP contribution >= 0.6 is 0 Å². The van der Waals surface area contributed by atoms with E-state index in [1.165, 1.54) is 0 Å². The summed E-state index contributed by atoms with van der Waals surface area (Å²) < 4.78 is 5.37. The highest BCUT2D eigenvalue weighted by Gasteiger charge is 2.12. The number of hydrogen-bond acceptors (Lipinski definition) is 2. The second-order valence-corrected chi connectivity index (χ2v) is 5.50. The van der Waals surface area contributed by atoms with Crippen LogP contribution in [0.25, 0.3) is 0 Å². The summed E-state index contributed by atoms with van der Waals surface area (Å²) in [6, 6.07) is 0. The van der Waals surface area contributed by atoms with Gasteiger partial charge in [0.1, 0.15) is 6.29 Å². The molecule has 2 radical (unpaired) electrons. The van der Waals surface area contributed by atoms with Gasteiger partial charge in [0.15, 0.2) is 0 Å². The summed E-state index contributed by atoms with van der Waals surface area (Å²) in [5.74, 6) is 0. The molecule has 0 N–H and O–H groups in total. The zero-order valence-corrected chi connectivity index (χ0v) is 8.52. The summed E-state index contributed by atoms with van der Waals surface area (Å²) in [7, 11) is 0.537. The van der Waals surface area contributed by atoms with E-state index in [2.05, 4.69) is 20.8 Å². The van der Waals surface area contributed by atoms with E-state index in [1.807, 2.05) is 0 Å². The first-order valence-corrected chi connectivity index (χ1v) is 4.79. The molecule has 0 aliphatic carbocycles. The van der Waals surface area contributed by atoms with Gasteiger partial charge in [-0.3, -0.25) is 0 Å². The molecule has 0 rings (SSSR count). The van der Waals surface area contributed by atoms with Crippen LogP contribution in [0.1, 0.15) is 33.6 Å². The summed E-state index contributed by atoms with van der Waals surface area (Å²) in [5, 5.41) is 0.265. The van der Waals surface area contributed by atoms with Crippen molar-refractivity contribution in [1.29, 1.82) is 0 Å². The van der Waals surface area contributed by atoms with E-state index in [0.717, 1.165) is 12.7 Å². The van der Waals surface area contributed by atoms with Crippen LogP contribution in [0.5, 0.6) is 0 Å². The van der Waals surface area contributed by atoms with Gasteiger partial charge in [-0.15, -0.1) is 0 Å². The number of carbonyl (C=O) groups is 1. The minimum atomic E-state index is 0.265. The fourth-order valence-corrected chi connectivity index (χ4v) is 1.19. The van der Waals surface area contributed by atoms with E-state index in [0.29, 0.717) is 22.8 Å². The summed E-state index contributed by atoms with van der Waals surface area (Å²) in [5.41, 5.74) is 0. The van der Waals surface area contributed by atoms with Gasteiger partial charge in [-0.05, 0) is 11.5 Å². The third-order valence-electron chi connectivity index (χ3n) is 0.947. The van der Waals surface area contributed by atoms with Gasteiger partial charge >= 0.3 is 0 Å². The highest BCUT2D eigenvalue weighted by Crippen LogP contribution is 2.19. The fourth-order valence-electron chi connectivity index (χ4n) is 0.506. The molecule has 0 amide bonds. The molecule has 64 valence electrons. The van der Waals surface area contributed by atoms with Gasteiger partial charge in [-0.25, -0.2) is 0 Å². The molecule has 0 aromatic rings. The maximum atomic E-state index is 9.91. The van der Waals surface area contributed by atoms with Crippen molar-refractivity contribution in [2.24, 2.45) is 0 Å². The quantitative estimate of drug-likeness (QED) is 0.359. The molecule has 2 nitrogen and oxygen atoms in total. The lowest BCUT2D eigenvalue weighted by Crippen LogP contribution is -2.13. The van der Waals surface area contributed by atoms with Crippen LogP contribution in [0, 0.1) is 0 Å². The molecule has 0 unspecified atom stereocenters. The summed E-state index contributed by atoms with van der Waals surface area (Å²) >= 11 is 0. The van der Waals surface area contributed by atoms with Crippen molar-refractivity contribution in [2.75, 3.05) is 6.61 Å². The van der Waals surface area contributed by atoms with Gasteiger partial charge in [0.2, 0.25) is 9.76 Å². The molecule has 0 atom stereocenters. The van der Waals surface area contributed by atoms with Crippen molar-refractivity contribution in [3.8, 4) is 0 Å². The maximum Gasteiger partial charge on any atom is 0.235 e. The van der Waals surface area contributed by atoms with E-state index in [-0.39, 0.29) is 5.04 Å². The van der Waals surface area contributed by atoms with Crippen molar-refractivity contribution in [2.45, 2.75) is 38.7 Å². The number of rotatable bonds is 5. The first-order chi connectivity index (χ1) is 5.06. The number of carbonyl (C=O) groups excluding carboxylic acids is 1. The molecule has 0 bridgehead atoms. The summed E-state index contributed by atoms with van der Waals surface area (Å²) in [4.78, 5) is 9.91.